The van der Waals surface area contributed by atoms with Crippen LogP contribution in [-0.4, -0.2) is 29.0 Å². The number of rotatable bonds is 4. The molecule has 1 atom stereocenters. The van der Waals surface area contributed by atoms with E-state index >= 15 is 0 Å². The van der Waals surface area contributed by atoms with Crippen molar-refractivity contribution in [1.29, 1.82) is 5.26 Å². The number of anilines is 1. The number of Topliss-reactive ketones (excluding diaryl/α,β-unsaturated/α-hetero) is 1. The summed E-state index contributed by atoms with van der Waals surface area (Å²) in [6, 6.07) is 14.7. The van der Waals surface area contributed by atoms with Crippen molar-refractivity contribution in [1.82, 2.24) is 10.1 Å². The number of nitriles is 1. The minimum absolute atomic E-state index is 0.0196. The second-order valence-corrected chi connectivity index (χ2v) is 7.58. The summed E-state index contributed by atoms with van der Waals surface area (Å²) in [7, 11) is 0. The molecule has 1 unspecified atom stereocenters. The first kappa shape index (κ1) is 19.2. The van der Waals surface area contributed by atoms with Crippen molar-refractivity contribution in [3.05, 3.63) is 64.5 Å². The van der Waals surface area contributed by atoms with Gasteiger partial charge in [0.25, 0.3) is 0 Å². The number of carbonyl (C=O) groups is 1. The number of nitrogens with zero attached hydrogens (tertiary/aromatic N) is 4. The van der Waals surface area contributed by atoms with Gasteiger partial charge in [0.15, 0.2) is 5.78 Å². The largest absolute Gasteiger partial charge is 0.370 e. The van der Waals surface area contributed by atoms with Gasteiger partial charge in [-0.05, 0) is 62.2 Å². The molecule has 1 saturated heterocycles. The van der Waals surface area contributed by atoms with Crippen LogP contribution in [0.5, 0.6) is 0 Å². The van der Waals surface area contributed by atoms with Gasteiger partial charge in [0, 0.05) is 29.2 Å². The van der Waals surface area contributed by atoms with E-state index in [9.17, 15) is 10.1 Å². The molecule has 1 aliphatic heterocycles. The van der Waals surface area contributed by atoms with Crippen LogP contribution < -0.4 is 4.90 Å². The van der Waals surface area contributed by atoms with E-state index < -0.39 is 0 Å². The van der Waals surface area contributed by atoms with Gasteiger partial charge in [0.1, 0.15) is 6.07 Å². The van der Waals surface area contributed by atoms with Gasteiger partial charge in [-0.3, -0.25) is 4.79 Å². The first-order chi connectivity index (χ1) is 14.0. The van der Waals surface area contributed by atoms with Gasteiger partial charge >= 0.3 is 0 Å². The maximum atomic E-state index is 11.8. The maximum absolute atomic E-state index is 11.8. The van der Waals surface area contributed by atoms with Gasteiger partial charge in [0.05, 0.1) is 17.2 Å². The van der Waals surface area contributed by atoms with Gasteiger partial charge in [-0.2, -0.15) is 10.2 Å². The van der Waals surface area contributed by atoms with E-state index in [-0.39, 0.29) is 11.7 Å². The number of hydrogen-bond donors (Lipinski definition) is 0. The van der Waals surface area contributed by atoms with Crippen LogP contribution in [0.25, 0.3) is 11.4 Å². The Hall–Kier alpha value is -3.17. The van der Waals surface area contributed by atoms with E-state index in [1.54, 1.807) is 30.3 Å². The van der Waals surface area contributed by atoms with Crippen LogP contribution in [0, 0.1) is 11.3 Å². The van der Waals surface area contributed by atoms with Crippen LogP contribution in [0.3, 0.4) is 0 Å². The number of carbonyl (C=O) groups excluding carboxylic acids is 1. The predicted molar refractivity (Wildman–Crippen MR) is 110 cm³/mol. The molecule has 1 aliphatic rings. The fraction of sp³-hybridized carbons (Fsp3) is 0.273. The van der Waals surface area contributed by atoms with Gasteiger partial charge in [-0.15, -0.1) is 0 Å². The summed E-state index contributed by atoms with van der Waals surface area (Å²) in [5, 5.41) is 14.3. The minimum Gasteiger partial charge on any atom is -0.370 e. The molecule has 0 aliphatic carbocycles. The van der Waals surface area contributed by atoms with Crippen LogP contribution >= 0.6 is 11.6 Å². The average molecular weight is 407 g/mol. The Kier molecular flexibility index (Phi) is 5.32. The number of aromatic nitrogens is 2. The lowest BCUT2D eigenvalue weighted by Gasteiger charge is -2.33. The highest BCUT2D eigenvalue weighted by atomic mass is 35.5. The van der Waals surface area contributed by atoms with E-state index in [1.807, 2.05) is 12.1 Å². The summed E-state index contributed by atoms with van der Waals surface area (Å²) in [6.07, 6.45) is 1.85. The summed E-state index contributed by atoms with van der Waals surface area (Å²) >= 11 is 5.94. The first-order valence-corrected chi connectivity index (χ1v) is 9.82. The molecule has 29 heavy (non-hydrogen) atoms. The smallest absolute Gasteiger partial charge is 0.231 e. The molecule has 0 amide bonds. The van der Waals surface area contributed by atoms with Crippen LogP contribution in [0.1, 0.15) is 47.5 Å². The molecule has 4 rings (SSSR count). The predicted octanol–water partition coefficient (Wildman–Crippen LogP) is 4.85. The second-order valence-electron chi connectivity index (χ2n) is 7.15. The molecule has 7 heteroatoms. The third kappa shape index (κ3) is 4.01. The SMILES string of the molecule is CC(=O)c1ccc(C#N)c(N2CCCC(c3nc(-c4ccc(Cl)cc4)no3)C2)c1. The Labute approximate surface area is 173 Å². The summed E-state index contributed by atoms with van der Waals surface area (Å²) in [6.45, 7) is 2.99. The van der Waals surface area contributed by atoms with Crippen molar-refractivity contribution in [3.8, 4) is 17.5 Å². The molecule has 3 aromatic rings. The lowest BCUT2D eigenvalue weighted by atomic mass is 9.96. The van der Waals surface area contributed by atoms with Crippen LogP contribution in [0.15, 0.2) is 47.0 Å². The van der Waals surface area contributed by atoms with Gasteiger partial charge in [-0.25, -0.2) is 0 Å². The molecule has 146 valence electrons. The first-order valence-electron chi connectivity index (χ1n) is 9.44. The Balaban J connectivity index is 1.58. The molecule has 1 aromatic heterocycles. The number of benzene rings is 2. The third-order valence-corrected chi connectivity index (χ3v) is 5.43. The third-order valence-electron chi connectivity index (χ3n) is 5.18. The lowest BCUT2D eigenvalue weighted by Crippen LogP contribution is -2.35. The molecule has 2 heterocycles. The Morgan fingerprint density at radius 3 is 2.79 bits per heavy atom. The zero-order valence-corrected chi connectivity index (χ0v) is 16.7. The topological polar surface area (TPSA) is 83.0 Å². The van der Waals surface area contributed by atoms with Crippen molar-refractivity contribution in [2.75, 3.05) is 18.0 Å². The molecular formula is C22H19ClN4O2. The van der Waals surface area contributed by atoms with E-state index in [0.717, 1.165) is 30.6 Å². The summed E-state index contributed by atoms with van der Waals surface area (Å²) in [4.78, 5) is 18.5. The lowest BCUT2D eigenvalue weighted by molar-refractivity contribution is 0.101. The van der Waals surface area contributed by atoms with Gasteiger partial charge in [0.2, 0.25) is 11.7 Å². The molecule has 0 saturated carbocycles. The average Bonchev–Trinajstić information content (AvgIpc) is 3.24. The Morgan fingerprint density at radius 2 is 2.07 bits per heavy atom. The summed E-state index contributed by atoms with van der Waals surface area (Å²) in [5.41, 5.74) is 2.78. The monoisotopic (exact) mass is 406 g/mol. The van der Waals surface area contributed by atoms with E-state index in [4.69, 9.17) is 16.1 Å². The number of halogens is 1. The van der Waals surface area contributed by atoms with Gasteiger partial charge < -0.3 is 9.42 Å². The number of hydrogen-bond acceptors (Lipinski definition) is 6. The van der Waals surface area contributed by atoms with Crippen molar-refractivity contribution in [2.45, 2.75) is 25.7 Å². The summed E-state index contributed by atoms with van der Waals surface area (Å²) in [5.74, 6) is 1.16. The van der Waals surface area contributed by atoms with Crippen LogP contribution in [0.4, 0.5) is 5.69 Å². The zero-order valence-electron chi connectivity index (χ0n) is 15.9. The van der Waals surface area contributed by atoms with Crippen LogP contribution in [0.2, 0.25) is 5.02 Å². The normalized spacial score (nSPS) is 16.4. The molecule has 0 bridgehead atoms. The van der Waals surface area contributed by atoms with Crippen molar-refractivity contribution >= 4 is 23.1 Å². The molecule has 2 aromatic carbocycles. The quantitative estimate of drug-likeness (QED) is 0.576. The maximum Gasteiger partial charge on any atom is 0.231 e. The Morgan fingerprint density at radius 1 is 1.28 bits per heavy atom. The van der Waals surface area contributed by atoms with E-state index in [1.165, 1.54) is 6.92 Å². The molecule has 1 fully saturated rings. The van der Waals surface area contributed by atoms with Gasteiger partial charge in [-0.1, -0.05) is 16.8 Å². The van der Waals surface area contributed by atoms with E-state index in [2.05, 4.69) is 21.1 Å². The van der Waals surface area contributed by atoms with Crippen molar-refractivity contribution < 1.29 is 9.32 Å². The highest BCUT2D eigenvalue weighted by molar-refractivity contribution is 6.30. The zero-order chi connectivity index (χ0) is 20.4. The minimum atomic E-state index is -0.0196. The summed E-state index contributed by atoms with van der Waals surface area (Å²) < 4.78 is 5.55. The molecular weight excluding hydrogens is 388 g/mol. The Bertz CT molecular complexity index is 1080. The molecule has 0 radical (unpaired) electrons. The molecule has 0 spiro atoms. The number of piperidine rings is 1. The van der Waals surface area contributed by atoms with Crippen molar-refractivity contribution in [3.63, 3.8) is 0 Å². The molecule has 6 nitrogen and oxygen atoms in total. The van der Waals surface area contributed by atoms with Crippen LogP contribution in [-0.2, 0) is 0 Å². The fourth-order valence-electron chi connectivity index (χ4n) is 3.62. The highest BCUT2D eigenvalue weighted by Gasteiger charge is 2.28. The fourth-order valence-corrected chi connectivity index (χ4v) is 3.75. The molecule has 0 N–H and O–H groups in total. The van der Waals surface area contributed by atoms with E-state index in [0.29, 0.717) is 34.4 Å². The number of ketones is 1. The highest BCUT2D eigenvalue weighted by Crippen LogP contribution is 2.32. The van der Waals surface area contributed by atoms with Crippen molar-refractivity contribution in [2.24, 2.45) is 0 Å². The standard InChI is InChI=1S/C22H19ClN4O2/c1-14(28)16-4-5-17(12-24)20(11-16)27-10-2-3-18(13-27)22-25-21(26-29-22)15-6-8-19(23)9-7-15/h4-9,11,18H,2-3,10,13H2,1H3. The second kappa shape index (κ2) is 8.06.